The summed E-state index contributed by atoms with van der Waals surface area (Å²) in [4.78, 5) is 11.3. The largest absolute Gasteiger partial charge is 0.478 e. The molecule has 0 aliphatic rings. The minimum absolute atomic E-state index is 0.125. The summed E-state index contributed by atoms with van der Waals surface area (Å²) in [5.74, 6) is -1.25. The third-order valence-corrected chi connectivity index (χ3v) is 9.46. The van der Waals surface area contributed by atoms with Gasteiger partial charge in [0.05, 0.1) is 0 Å². The van der Waals surface area contributed by atoms with Gasteiger partial charge in [0.2, 0.25) is 14.8 Å². The molecule has 0 fully saturated rings. The molecule has 0 amide bonds. The zero-order chi connectivity index (χ0) is 31.3. The first kappa shape index (κ1) is 39.0. The summed E-state index contributed by atoms with van der Waals surface area (Å²) in [5.41, 5.74) is 2.58. The molecule has 0 saturated carbocycles. The van der Waals surface area contributed by atoms with Gasteiger partial charge in [0.15, 0.2) is 0 Å². The van der Waals surface area contributed by atoms with E-state index in [4.69, 9.17) is 22.1 Å². The van der Waals surface area contributed by atoms with Crippen LogP contribution < -0.4 is 0 Å². The van der Waals surface area contributed by atoms with E-state index >= 15 is 0 Å². The first-order valence-corrected chi connectivity index (χ1v) is 17.9. The Bertz CT molecular complexity index is 870. The predicted molar refractivity (Wildman–Crippen MR) is 177 cm³/mol. The van der Waals surface area contributed by atoms with Crippen LogP contribution in [-0.4, -0.2) is 39.4 Å². The van der Waals surface area contributed by atoms with Crippen molar-refractivity contribution < 1.29 is 29.0 Å². The van der Waals surface area contributed by atoms with Crippen LogP contribution in [-0.2, 0) is 25.3 Å². The van der Waals surface area contributed by atoms with Crippen molar-refractivity contribution in [3.05, 3.63) is 35.4 Å². The average molecular weight is 627 g/mol. The number of hydrogen-bond donors (Lipinski definition) is 3. The van der Waals surface area contributed by atoms with Crippen LogP contribution in [0.3, 0.4) is 0 Å². The lowest BCUT2D eigenvalue weighted by Crippen LogP contribution is -2.53. The second-order valence-electron chi connectivity index (χ2n) is 11.8. The molecule has 1 rings (SSSR count). The third kappa shape index (κ3) is 14.2. The molecule has 4 unspecified atom stereocenters. The van der Waals surface area contributed by atoms with E-state index in [0.29, 0.717) is 19.3 Å². The molecule has 8 heteroatoms. The fourth-order valence-electron chi connectivity index (χ4n) is 5.46. The molecule has 0 spiro atoms. The lowest BCUT2D eigenvalue weighted by molar-refractivity contribution is -0.227. The summed E-state index contributed by atoms with van der Waals surface area (Å²) in [6, 6.07) is 8.75. The van der Waals surface area contributed by atoms with Gasteiger partial charge in [-0.2, -0.15) is 0 Å². The lowest BCUT2D eigenvalue weighted by atomic mass is 9.86. The summed E-state index contributed by atoms with van der Waals surface area (Å²) in [6.45, 7) is 8.56. The smallest absolute Gasteiger partial charge is 0.353 e. The zero-order valence-corrected chi connectivity index (χ0v) is 28.6. The Labute approximate surface area is 263 Å². The normalized spacial score (nSPS) is 16.1. The molecule has 0 heterocycles. The Kier molecular flexibility index (Phi) is 20.9. The molecule has 0 saturated heterocycles. The molecule has 0 radical (unpaired) electrons. The van der Waals surface area contributed by atoms with Gasteiger partial charge in [-0.25, -0.2) is 4.79 Å². The van der Waals surface area contributed by atoms with Crippen molar-refractivity contribution in [3.63, 3.8) is 0 Å². The Balaban J connectivity index is 3.20. The SMILES string of the molecule is CCCCCCCCCC(S)(CCC(CCCCCCC)c1cccc(CC)c1)OC(P=O)(C(=O)O)C(O)OCCC. The quantitative estimate of drug-likeness (QED) is 0.0389. The monoisotopic (exact) mass is 626 g/mol. The number of carboxylic acids is 1. The van der Waals surface area contributed by atoms with Crippen molar-refractivity contribution in [2.24, 2.45) is 0 Å². The number of carbonyl (C=O) groups is 1. The molecule has 2 N–H and O–H groups in total. The molecule has 0 aliphatic carbocycles. The number of ether oxygens (including phenoxy) is 2. The molecule has 1 aromatic carbocycles. The highest BCUT2D eigenvalue weighted by Gasteiger charge is 2.54. The van der Waals surface area contributed by atoms with Crippen molar-refractivity contribution in [3.8, 4) is 0 Å². The number of carboxylic acid groups (broad SMARTS) is 1. The minimum atomic E-state index is -2.45. The van der Waals surface area contributed by atoms with E-state index in [2.05, 4.69) is 45.0 Å². The Morgan fingerprint density at radius 3 is 2.07 bits per heavy atom. The van der Waals surface area contributed by atoms with Crippen LogP contribution >= 0.6 is 21.1 Å². The van der Waals surface area contributed by atoms with Gasteiger partial charge in [0.1, 0.15) is 4.93 Å². The molecule has 4 atom stereocenters. The van der Waals surface area contributed by atoms with Gasteiger partial charge in [-0.3, -0.25) is 4.57 Å². The van der Waals surface area contributed by atoms with Crippen LogP contribution in [0.4, 0.5) is 0 Å². The van der Waals surface area contributed by atoms with E-state index in [1.165, 1.54) is 62.5 Å². The number of benzene rings is 1. The van der Waals surface area contributed by atoms with E-state index in [-0.39, 0.29) is 12.5 Å². The minimum Gasteiger partial charge on any atom is -0.478 e. The highest BCUT2D eigenvalue weighted by atomic mass is 32.1. The van der Waals surface area contributed by atoms with Gasteiger partial charge in [-0.15, -0.1) is 12.6 Å². The first-order valence-electron chi connectivity index (χ1n) is 16.6. The average Bonchev–Trinajstić information content (AvgIpc) is 2.99. The number of aliphatic hydroxyl groups excluding tert-OH is 1. The molecule has 0 bridgehead atoms. The van der Waals surface area contributed by atoms with Crippen LogP contribution in [0.5, 0.6) is 0 Å². The summed E-state index contributed by atoms with van der Waals surface area (Å²) in [7, 11) is -0.865. The molecule has 242 valence electrons. The number of thiol groups is 1. The van der Waals surface area contributed by atoms with Gasteiger partial charge in [-0.1, -0.05) is 123 Å². The maximum Gasteiger partial charge on any atom is 0.353 e. The standard InChI is InChI=1S/C34H59O6PS/c1-5-9-11-13-14-16-18-24-33(42,40-34(41-38,31(35)36)32(37)39-26-7-3)25-23-29(21-17-15-12-10-6-2)30-22-19-20-28(8-4)27-30/h19-20,22,27,29,32,37,42H,5-18,21,23-26H2,1-4H3,(H,35,36). The van der Waals surface area contributed by atoms with Crippen LogP contribution in [0.2, 0.25) is 0 Å². The highest BCUT2D eigenvalue weighted by Crippen LogP contribution is 2.43. The number of aryl methyl sites for hydroxylation is 1. The van der Waals surface area contributed by atoms with Gasteiger partial charge in [-0.05, 0) is 62.0 Å². The molecular weight excluding hydrogens is 567 g/mol. The summed E-state index contributed by atoms with van der Waals surface area (Å²) >= 11 is 4.97. The van der Waals surface area contributed by atoms with E-state index < -0.39 is 31.0 Å². The number of hydrogen-bond acceptors (Lipinski definition) is 6. The topological polar surface area (TPSA) is 93.1 Å². The van der Waals surface area contributed by atoms with Crippen molar-refractivity contribution in [2.75, 3.05) is 6.61 Å². The van der Waals surface area contributed by atoms with Crippen molar-refractivity contribution in [2.45, 2.75) is 166 Å². The maximum atomic E-state index is 12.5. The van der Waals surface area contributed by atoms with Crippen molar-refractivity contribution in [1.82, 2.24) is 0 Å². The second-order valence-corrected chi connectivity index (χ2v) is 13.4. The number of rotatable bonds is 27. The third-order valence-electron chi connectivity index (χ3n) is 8.14. The predicted octanol–water partition coefficient (Wildman–Crippen LogP) is 10.1. The number of aliphatic hydroxyl groups is 1. The zero-order valence-electron chi connectivity index (χ0n) is 26.8. The molecule has 0 aromatic heterocycles. The van der Waals surface area contributed by atoms with Crippen LogP contribution in [0, 0.1) is 0 Å². The fraction of sp³-hybridized carbons (Fsp3) is 0.794. The van der Waals surface area contributed by atoms with Crippen LogP contribution in [0.15, 0.2) is 24.3 Å². The van der Waals surface area contributed by atoms with Gasteiger partial charge in [0.25, 0.3) is 5.34 Å². The Morgan fingerprint density at radius 2 is 1.50 bits per heavy atom. The fourth-order valence-corrected chi connectivity index (χ4v) is 6.42. The first-order chi connectivity index (χ1) is 20.2. The highest BCUT2D eigenvalue weighted by molar-refractivity contribution is 7.81. The van der Waals surface area contributed by atoms with Crippen molar-refractivity contribution >= 4 is 27.1 Å². The lowest BCUT2D eigenvalue weighted by Gasteiger charge is -2.38. The molecule has 6 nitrogen and oxygen atoms in total. The van der Waals surface area contributed by atoms with E-state index in [1.54, 1.807) is 0 Å². The summed E-state index contributed by atoms with van der Waals surface area (Å²) in [5, 5.41) is 18.4. The number of aliphatic carboxylic acids is 1. The molecule has 0 aliphatic heterocycles. The van der Waals surface area contributed by atoms with E-state index in [0.717, 1.165) is 44.9 Å². The molecule has 1 aromatic rings. The van der Waals surface area contributed by atoms with Gasteiger partial charge < -0.3 is 19.7 Å². The second kappa shape index (κ2) is 22.5. The Hall–Kier alpha value is -0.980. The van der Waals surface area contributed by atoms with E-state index in [1.807, 2.05) is 6.92 Å². The van der Waals surface area contributed by atoms with Gasteiger partial charge >= 0.3 is 5.97 Å². The molecular formula is C34H59O6PS. The number of unbranched alkanes of at least 4 members (excludes halogenated alkanes) is 10. The summed E-state index contributed by atoms with van der Waals surface area (Å²) < 4.78 is 23.9. The maximum absolute atomic E-state index is 12.5. The summed E-state index contributed by atoms with van der Waals surface area (Å²) in [6.07, 6.45) is 16.1. The van der Waals surface area contributed by atoms with Crippen LogP contribution in [0.25, 0.3) is 0 Å². The van der Waals surface area contributed by atoms with Crippen molar-refractivity contribution in [1.29, 1.82) is 0 Å². The molecule has 42 heavy (non-hydrogen) atoms. The van der Waals surface area contributed by atoms with Gasteiger partial charge in [0, 0.05) is 6.61 Å². The van der Waals surface area contributed by atoms with Crippen LogP contribution in [0.1, 0.15) is 154 Å². The Morgan fingerprint density at radius 1 is 0.881 bits per heavy atom. The van der Waals surface area contributed by atoms with E-state index in [9.17, 15) is 19.6 Å².